The zero-order valence-electron chi connectivity index (χ0n) is 5.85. The Labute approximate surface area is 77.5 Å². The molecule has 0 aromatic heterocycles. The molecule has 0 N–H and O–H groups in total. The Balaban J connectivity index is 0. The molecule has 0 saturated heterocycles. The molecule has 0 aliphatic rings. The Morgan fingerprint density at radius 1 is 1.25 bits per heavy atom. The van der Waals surface area contributed by atoms with Crippen LogP contribution in [-0.4, -0.2) is 13.6 Å². The maximum absolute atomic E-state index is 3.97. The van der Waals surface area contributed by atoms with Crippen LogP contribution in [-0.2, 0) is 32.7 Å². The Bertz CT molecular complexity index is 27.7. The normalized spacial score (nSPS) is 8.25. The molecule has 0 heterocycles. The third-order valence-electron chi connectivity index (χ3n) is 0.985. The predicted molar refractivity (Wildman–Crippen MR) is 33.7 cm³/mol. The molecule has 0 fully saturated rings. The fourth-order valence-electron chi connectivity index (χ4n) is 0.520. The van der Waals surface area contributed by atoms with Crippen molar-refractivity contribution in [3.63, 3.8) is 0 Å². The van der Waals surface area contributed by atoms with E-state index in [9.17, 15) is 0 Å². The second-order valence-electron chi connectivity index (χ2n) is 1.75. The van der Waals surface area contributed by atoms with E-state index >= 15 is 0 Å². The van der Waals surface area contributed by atoms with Gasteiger partial charge in [0.25, 0.3) is 0 Å². The van der Waals surface area contributed by atoms with Crippen LogP contribution in [0.4, 0.5) is 0 Å². The van der Waals surface area contributed by atoms with Crippen LogP contribution in [0.3, 0.4) is 0 Å². The molecule has 47 valence electrons. The van der Waals surface area contributed by atoms with Gasteiger partial charge in [0.2, 0.25) is 0 Å². The number of hydrogen-bond acceptors (Lipinski definition) is 0. The number of rotatable bonds is 4. The number of hydrogen-bond donors (Lipinski definition) is 0. The maximum atomic E-state index is 3.97. The number of nitrogens with zero attached hydrogens (tertiary/aromatic N) is 1. The van der Waals surface area contributed by atoms with Crippen LogP contribution in [0, 0.1) is 0 Å². The number of unbranched alkanes of at least 4 members (excludes halogenated alkanes) is 2. The molecule has 0 amide bonds. The summed E-state index contributed by atoms with van der Waals surface area (Å²) in [6, 6.07) is 0. The van der Waals surface area contributed by atoms with Gasteiger partial charge in [0, 0.05) is 32.7 Å². The summed E-state index contributed by atoms with van der Waals surface area (Å²) in [6.45, 7) is 3.25. The molecule has 0 aliphatic carbocycles. The Hall–Kier alpha value is 1.06. The summed E-state index contributed by atoms with van der Waals surface area (Å²) in [5, 5.41) is 3.97. The Morgan fingerprint density at radius 2 is 1.88 bits per heavy atom. The second kappa shape index (κ2) is 10.9. The van der Waals surface area contributed by atoms with Crippen molar-refractivity contribution in [2.45, 2.75) is 26.2 Å². The van der Waals surface area contributed by atoms with E-state index in [1.807, 2.05) is 7.05 Å². The smallest absolute Gasteiger partial charge is 0 e. The van der Waals surface area contributed by atoms with Crippen LogP contribution >= 0.6 is 0 Å². The van der Waals surface area contributed by atoms with Crippen LogP contribution < -0.4 is 0 Å². The van der Waals surface area contributed by atoms with Crippen molar-refractivity contribution in [1.29, 1.82) is 0 Å². The van der Waals surface area contributed by atoms with E-state index in [2.05, 4.69) is 12.2 Å². The Morgan fingerprint density at radius 3 is 2.25 bits per heavy atom. The van der Waals surface area contributed by atoms with Crippen LogP contribution in [0.2, 0.25) is 0 Å². The molecule has 0 aliphatic heterocycles. The first kappa shape index (κ1) is 11.8. The molecule has 2 heteroatoms. The summed E-state index contributed by atoms with van der Waals surface area (Å²) >= 11 is 0. The van der Waals surface area contributed by atoms with Gasteiger partial charge >= 0.3 is 0 Å². The van der Waals surface area contributed by atoms with Crippen LogP contribution in [0.1, 0.15) is 26.2 Å². The topological polar surface area (TPSA) is 14.1 Å². The molecule has 1 nitrogen and oxygen atoms in total. The van der Waals surface area contributed by atoms with E-state index in [0.29, 0.717) is 0 Å². The van der Waals surface area contributed by atoms with Crippen LogP contribution in [0.15, 0.2) is 0 Å². The van der Waals surface area contributed by atoms with Gasteiger partial charge in [-0.2, -0.15) is 7.05 Å². The minimum Gasteiger partial charge on any atom is -0.665 e. The largest absolute Gasteiger partial charge is 0.665 e. The first-order chi connectivity index (χ1) is 3.41. The molecule has 0 aromatic rings. The average Bonchev–Trinajstić information content (AvgIpc) is 1.69. The van der Waals surface area contributed by atoms with E-state index in [0.717, 1.165) is 6.54 Å². The molecular formula is C6H14NY-. The summed E-state index contributed by atoms with van der Waals surface area (Å²) in [7, 11) is 1.87. The molecule has 0 aromatic carbocycles. The zero-order valence-corrected chi connectivity index (χ0v) is 8.69. The van der Waals surface area contributed by atoms with Crippen molar-refractivity contribution in [2.24, 2.45) is 0 Å². The molecule has 0 unspecified atom stereocenters. The quantitative estimate of drug-likeness (QED) is 0.602. The van der Waals surface area contributed by atoms with E-state index in [1.165, 1.54) is 19.3 Å². The van der Waals surface area contributed by atoms with Gasteiger partial charge in [-0.1, -0.05) is 26.2 Å². The SMILES string of the molecule is CCCCC[N-]C.[Y]. The molecule has 0 rings (SSSR count). The van der Waals surface area contributed by atoms with Gasteiger partial charge < -0.3 is 5.32 Å². The molecule has 0 saturated carbocycles. The van der Waals surface area contributed by atoms with E-state index in [1.54, 1.807) is 0 Å². The maximum Gasteiger partial charge on any atom is 0 e. The minimum atomic E-state index is 0. The van der Waals surface area contributed by atoms with Gasteiger partial charge in [0.1, 0.15) is 0 Å². The van der Waals surface area contributed by atoms with Crippen molar-refractivity contribution in [2.75, 3.05) is 13.6 Å². The van der Waals surface area contributed by atoms with Gasteiger partial charge in [-0.25, -0.2) is 0 Å². The summed E-state index contributed by atoms with van der Waals surface area (Å²) in [5.41, 5.74) is 0. The second-order valence-corrected chi connectivity index (χ2v) is 1.75. The Kier molecular flexibility index (Phi) is 16.2. The van der Waals surface area contributed by atoms with Crippen molar-refractivity contribution in [3.8, 4) is 0 Å². The van der Waals surface area contributed by atoms with Crippen molar-refractivity contribution >= 4 is 0 Å². The van der Waals surface area contributed by atoms with E-state index in [4.69, 9.17) is 0 Å². The van der Waals surface area contributed by atoms with Gasteiger partial charge in [-0.05, 0) is 0 Å². The minimum absolute atomic E-state index is 0. The fraction of sp³-hybridized carbons (Fsp3) is 1.00. The van der Waals surface area contributed by atoms with Gasteiger partial charge in [-0.15, -0.1) is 6.54 Å². The first-order valence-electron chi connectivity index (χ1n) is 2.97. The molecular weight excluding hydrogens is 175 g/mol. The van der Waals surface area contributed by atoms with E-state index in [-0.39, 0.29) is 32.7 Å². The molecule has 8 heavy (non-hydrogen) atoms. The molecule has 1 radical (unpaired) electrons. The van der Waals surface area contributed by atoms with Crippen molar-refractivity contribution in [3.05, 3.63) is 5.32 Å². The van der Waals surface area contributed by atoms with Gasteiger partial charge in [0.15, 0.2) is 0 Å². The van der Waals surface area contributed by atoms with Gasteiger partial charge in [0.05, 0.1) is 0 Å². The summed E-state index contributed by atoms with van der Waals surface area (Å²) in [5.74, 6) is 0. The third kappa shape index (κ3) is 10.1. The van der Waals surface area contributed by atoms with Gasteiger partial charge in [-0.3, -0.25) is 0 Å². The predicted octanol–water partition coefficient (Wildman–Crippen LogP) is 2.18. The monoisotopic (exact) mass is 189 g/mol. The summed E-state index contributed by atoms with van der Waals surface area (Å²) < 4.78 is 0. The average molecular weight is 189 g/mol. The van der Waals surface area contributed by atoms with Crippen LogP contribution in [0.5, 0.6) is 0 Å². The zero-order chi connectivity index (χ0) is 5.54. The van der Waals surface area contributed by atoms with Crippen molar-refractivity contribution < 1.29 is 32.7 Å². The first-order valence-corrected chi connectivity index (χ1v) is 2.97. The molecule has 0 atom stereocenters. The standard InChI is InChI=1S/C6H14N.Y/c1-3-4-5-6-7-2;/h3-6H2,1-2H3;/q-1;. The third-order valence-corrected chi connectivity index (χ3v) is 0.985. The van der Waals surface area contributed by atoms with E-state index < -0.39 is 0 Å². The molecule has 0 bridgehead atoms. The van der Waals surface area contributed by atoms with Crippen molar-refractivity contribution in [1.82, 2.24) is 0 Å². The summed E-state index contributed by atoms with van der Waals surface area (Å²) in [4.78, 5) is 0. The van der Waals surface area contributed by atoms with Crippen LogP contribution in [0.25, 0.3) is 5.32 Å². The molecule has 0 spiro atoms. The fourth-order valence-corrected chi connectivity index (χ4v) is 0.520. The summed E-state index contributed by atoms with van der Waals surface area (Å²) in [6.07, 6.45) is 3.90.